The molecule has 0 fully saturated rings. The van der Waals surface area contributed by atoms with E-state index in [1.54, 1.807) is 30.3 Å². The summed E-state index contributed by atoms with van der Waals surface area (Å²) in [5.41, 5.74) is 8.44. The van der Waals surface area contributed by atoms with E-state index in [0.29, 0.717) is 41.7 Å². The van der Waals surface area contributed by atoms with Gasteiger partial charge < -0.3 is 20.5 Å². The fraction of sp³-hybridized carbons (Fsp3) is 0.235. The monoisotopic (exact) mass is 298 g/mol. The number of nitrogens with one attached hydrogen (secondary N) is 1. The van der Waals surface area contributed by atoms with E-state index in [-0.39, 0.29) is 5.91 Å². The maximum atomic E-state index is 12.4. The molecule has 1 amide bonds. The lowest BCUT2D eigenvalue weighted by atomic mass is 10.1. The predicted molar refractivity (Wildman–Crippen MR) is 85.6 cm³/mol. The van der Waals surface area contributed by atoms with Crippen molar-refractivity contribution in [1.29, 1.82) is 0 Å². The molecule has 0 radical (unpaired) electrons. The smallest absolute Gasteiger partial charge is 0.256 e. The highest BCUT2D eigenvalue weighted by Crippen LogP contribution is 2.32. The quantitative estimate of drug-likeness (QED) is 0.836. The van der Waals surface area contributed by atoms with Gasteiger partial charge in [0.25, 0.3) is 5.91 Å². The maximum Gasteiger partial charge on any atom is 0.256 e. The fourth-order valence-corrected chi connectivity index (χ4v) is 2.34. The molecular weight excluding hydrogens is 280 g/mol. The Morgan fingerprint density at radius 1 is 1.14 bits per heavy atom. The second-order valence-electron chi connectivity index (χ2n) is 5.19. The Morgan fingerprint density at radius 3 is 2.73 bits per heavy atom. The van der Waals surface area contributed by atoms with Crippen molar-refractivity contribution in [2.24, 2.45) is 0 Å². The molecule has 0 bridgehead atoms. The number of carbonyl (C=O) groups is 1. The summed E-state index contributed by atoms with van der Waals surface area (Å²) in [5.74, 6) is 1.16. The Morgan fingerprint density at radius 2 is 1.91 bits per heavy atom. The van der Waals surface area contributed by atoms with Gasteiger partial charge in [0.2, 0.25) is 0 Å². The average Bonchev–Trinajstić information content (AvgIpc) is 2.74. The highest BCUT2D eigenvalue weighted by Gasteiger charge is 2.14. The lowest BCUT2D eigenvalue weighted by Crippen LogP contribution is -2.14. The van der Waals surface area contributed by atoms with Crippen LogP contribution >= 0.6 is 0 Å². The second-order valence-corrected chi connectivity index (χ2v) is 5.19. The molecule has 5 heteroatoms. The molecule has 0 saturated carbocycles. The first kappa shape index (κ1) is 14.3. The summed E-state index contributed by atoms with van der Waals surface area (Å²) >= 11 is 0. The Hall–Kier alpha value is -2.69. The number of nitrogens with two attached hydrogens (primary N) is 1. The van der Waals surface area contributed by atoms with Gasteiger partial charge in [0, 0.05) is 29.4 Å². The number of hydrogen-bond donors (Lipinski definition) is 2. The minimum atomic E-state index is -0.195. The van der Waals surface area contributed by atoms with Gasteiger partial charge in [0.05, 0.1) is 13.2 Å². The van der Waals surface area contributed by atoms with E-state index in [9.17, 15) is 4.79 Å². The molecule has 1 aliphatic rings. The van der Waals surface area contributed by atoms with Crippen molar-refractivity contribution in [3.05, 3.63) is 47.5 Å². The van der Waals surface area contributed by atoms with Crippen LogP contribution in [0.15, 0.2) is 36.4 Å². The number of ether oxygens (including phenoxy) is 2. The van der Waals surface area contributed by atoms with Crippen molar-refractivity contribution in [2.45, 2.75) is 13.3 Å². The van der Waals surface area contributed by atoms with Crippen LogP contribution in [-0.4, -0.2) is 19.1 Å². The lowest BCUT2D eigenvalue weighted by Gasteiger charge is -2.12. The lowest BCUT2D eigenvalue weighted by molar-refractivity contribution is 0.102. The summed E-state index contributed by atoms with van der Waals surface area (Å²) in [7, 11) is 0. The number of amides is 1. The summed E-state index contributed by atoms with van der Waals surface area (Å²) in [6, 6.07) is 10.7. The Balaban J connectivity index is 1.82. The minimum absolute atomic E-state index is 0.195. The Kier molecular flexibility index (Phi) is 3.87. The van der Waals surface area contributed by atoms with Crippen molar-refractivity contribution in [1.82, 2.24) is 0 Å². The molecule has 5 nitrogen and oxygen atoms in total. The van der Waals surface area contributed by atoms with Crippen LogP contribution in [0.25, 0.3) is 0 Å². The molecule has 22 heavy (non-hydrogen) atoms. The first-order chi connectivity index (χ1) is 10.6. The molecule has 0 aromatic heterocycles. The van der Waals surface area contributed by atoms with Gasteiger partial charge in [0.15, 0.2) is 11.5 Å². The molecule has 114 valence electrons. The zero-order valence-corrected chi connectivity index (χ0v) is 12.4. The standard InChI is InChI=1S/C17H18N2O3/c1-11-13(4-2-5-14(11)18)17(20)19-12-6-7-15-16(10-12)22-9-3-8-21-15/h2,4-7,10H,3,8-9,18H2,1H3,(H,19,20). The number of fused-ring (bicyclic) bond motifs is 1. The van der Waals surface area contributed by atoms with Crippen LogP contribution in [0, 0.1) is 6.92 Å². The molecule has 0 atom stereocenters. The minimum Gasteiger partial charge on any atom is -0.490 e. The Labute approximate surface area is 129 Å². The van der Waals surface area contributed by atoms with Crippen LogP contribution in [0.1, 0.15) is 22.3 Å². The van der Waals surface area contributed by atoms with Gasteiger partial charge in [-0.15, -0.1) is 0 Å². The van der Waals surface area contributed by atoms with Crippen molar-refractivity contribution in [2.75, 3.05) is 24.3 Å². The molecule has 0 spiro atoms. The SMILES string of the molecule is Cc1c(N)cccc1C(=O)Nc1ccc2c(c1)OCCCO2. The second kappa shape index (κ2) is 5.97. The molecule has 0 saturated heterocycles. The number of carbonyl (C=O) groups excluding carboxylic acids is 1. The number of benzene rings is 2. The van der Waals surface area contributed by atoms with Gasteiger partial charge in [-0.2, -0.15) is 0 Å². The number of rotatable bonds is 2. The van der Waals surface area contributed by atoms with Crippen LogP contribution in [-0.2, 0) is 0 Å². The first-order valence-corrected chi connectivity index (χ1v) is 7.21. The zero-order chi connectivity index (χ0) is 15.5. The van der Waals surface area contributed by atoms with Crippen molar-refractivity contribution < 1.29 is 14.3 Å². The predicted octanol–water partition coefficient (Wildman–Crippen LogP) is 2.99. The molecule has 1 heterocycles. The zero-order valence-electron chi connectivity index (χ0n) is 12.4. The summed E-state index contributed by atoms with van der Waals surface area (Å²) in [4.78, 5) is 12.4. The third-order valence-corrected chi connectivity index (χ3v) is 3.63. The van der Waals surface area contributed by atoms with Gasteiger partial charge in [0.1, 0.15) is 0 Å². The van der Waals surface area contributed by atoms with Crippen LogP contribution in [0.5, 0.6) is 11.5 Å². The molecule has 3 rings (SSSR count). The Bertz CT molecular complexity index is 713. The van der Waals surface area contributed by atoms with Crippen LogP contribution in [0.3, 0.4) is 0 Å². The molecule has 1 aliphatic heterocycles. The van der Waals surface area contributed by atoms with E-state index in [0.717, 1.165) is 12.0 Å². The fourth-order valence-electron chi connectivity index (χ4n) is 2.34. The molecule has 0 aliphatic carbocycles. The van der Waals surface area contributed by atoms with E-state index >= 15 is 0 Å². The van der Waals surface area contributed by atoms with E-state index < -0.39 is 0 Å². The topological polar surface area (TPSA) is 73.6 Å². The highest BCUT2D eigenvalue weighted by molar-refractivity contribution is 6.06. The third kappa shape index (κ3) is 2.83. The largest absolute Gasteiger partial charge is 0.490 e. The average molecular weight is 298 g/mol. The molecule has 0 unspecified atom stereocenters. The summed E-state index contributed by atoms with van der Waals surface area (Å²) < 4.78 is 11.2. The molecular formula is C17H18N2O3. The van der Waals surface area contributed by atoms with Crippen molar-refractivity contribution in [3.63, 3.8) is 0 Å². The van der Waals surface area contributed by atoms with Crippen molar-refractivity contribution >= 4 is 17.3 Å². The van der Waals surface area contributed by atoms with E-state index in [1.807, 2.05) is 13.0 Å². The molecule has 2 aromatic rings. The molecule has 2 aromatic carbocycles. The summed E-state index contributed by atoms with van der Waals surface area (Å²) in [6.45, 7) is 3.08. The summed E-state index contributed by atoms with van der Waals surface area (Å²) in [5, 5.41) is 2.87. The van der Waals surface area contributed by atoms with Crippen molar-refractivity contribution in [3.8, 4) is 11.5 Å². The first-order valence-electron chi connectivity index (χ1n) is 7.21. The van der Waals surface area contributed by atoms with Gasteiger partial charge in [-0.3, -0.25) is 4.79 Å². The van der Waals surface area contributed by atoms with Crippen LogP contribution in [0.2, 0.25) is 0 Å². The van der Waals surface area contributed by atoms with Crippen LogP contribution < -0.4 is 20.5 Å². The van der Waals surface area contributed by atoms with E-state index in [2.05, 4.69) is 5.32 Å². The van der Waals surface area contributed by atoms with E-state index in [4.69, 9.17) is 15.2 Å². The molecule has 3 N–H and O–H groups in total. The maximum absolute atomic E-state index is 12.4. The third-order valence-electron chi connectivity index (χ3n) is 3.63. The summed E-state index contributed by atoms with van der Waals surface area (Å²) in [6.07, 6.45) is 0.846. The highest BCUT2D eigenvalue weighted by atomic mass is 16.5. The van der Waals surface area contributed by atoms with Crippen LogP contribution in [0.4, 0.5) is 11.4 Å². The van der Waals surface area contributed by atoms with Gasteiger partial charge in [-0.05, 0) is 36.8 Å². The van der Waals surface area contributed by atoms with Gasteiger partial charge in [-0.1, -0.05) is 6.07 Å². The number of anilines is 2. The number of hydrogen-bond acceptors (Lipinski definition) is 4. The normalized spacial score (nSPS) is 13.3. The van der Waals surface area contributed by atoms with Gasteiger partial charge >= 0.3 is 0 Å². The number of nitrogen functional groups attached to an aromatic ring is 1. The van der Waals surface area contributed by atoms with Gasteiger partial charge in [-0.25, -0.2) is 0 Å². The van der Waals surface area contributed by atoms with E-state index in [1.165, 1.54) is 0 Å².